The van der Waals surface area contributed by atoms with E-state index >= 15 is 0 Å². The minimum absolute atomic E-state index is 0.122. The van der Waals surface area contributed by atoms with Crippen molar-refractivity contribution in [3.63, 3.8) is 0 Å². The molecule has 0 aliphatic carbocycles. The maximum atomic E-state index is 13.9. The lowest BCUT2D eigenvalue weighted by atomic mass is 9.95. The molecular weight excluding hydrogens is 269 g/mol. The first-order valence-electron chi connectivity index (χ1n) is 7.24. The number of halogens is 1. The summed E-state index contributed by atoms with van der Waals surface area (Å²) < 4.78 is 13.9. The molecule has 2 atom stereocenters. The van der Waals surface area contributed by atoms with Crippen LogP contribution in [-0.2, 0) is 0 Å². The molecule has 1 aliphatic heterocycles. The van der Waals surface area contributed by atoms with Gasteiger partial charge in [-0.15, -0.1) is 5.10 Å². The van der Waals surface area contributed by atoms with Gasteiger partial charge in [0.15, 0.2) is 5.82 Å². The Kier molecular flexibility index (Phi) is 3.63. The molecule has 2 heterocycles. The molecule has 3 rings (SSSR count). The lowest BCUT2D eigenvalue weighted by Crippen LogP contribution is -2.48. The largest absolute Gasteiger partial charge is 0.338 e. The van der Waals surface area contributed by atoms with E-state index in [0.29, 0.717) is 23.3 Å². The number of nitrogens with zero attached hydrogens (tertiary/aromatic N) is 3. The summed E-state index contributed by atoms with van der Waals surface area (Å²) in [4.78, 5) is 6.48. The summed E-state index contributed by atoms with van der Waals surface area (Å²) in [5.74, 6) is 1.26. The highest BCUT2D eigenvalue weighted by atomic mass is 19.1. The fraction of sp³-hybridized carbons (Fsp3) is 0.467. The monoisotopic (exact) mass is 289 g/mol. The summed E-state index contributed by atoms with van der Waals surface area (Å²) in [6, 6.07) is 5.08. The highest BCUT2D eigenvalue weighted by Crippen LogP contribution is 2.24. The van der Waals surface area contributed by atoms with E-state index in [-0.39, 0.29) is 11.9 Å². The molecule has 2 unspecified atom stereocenters. The number of H-pyrrole nitrogens is 1. The van der Waals surface area contributed by atoms with Crippen molar-refractivity contribution in [2.75, 3.05) is 18.0 Å². The quantitative estimate of drug-likeness (QED) is 0.888. The molecule has 0 spiro atoms. The Morgan fingerprint density at radius 3 is 3.00 bits per heavy atom. The standard InChI is InChI=1S/C15H20FN5/c1-9-3-4-12(16)11(7-9)14-18-15(20-19-14)21-6-5-10(2)13(17)8-21/h3-4,7,10,13H,5-6,8,17H2,1-2H3,(H,18,19,20). The van der Waals surface area contributed by atoms with E-state index in [4.69, 9.17) is 5.73 Å². The molecule has 21 heavy (non-hydrogen) atoms. The van der Waals surface area contributed by atoms with Gasteiger partial charge in [0, 0.05) is 19.1 Å². The number of aromatic nitrogens is 3. The van der Waals surface area contributed by atoms with E-state index in [9.17, 15) is 4.39 Å². The van der Waals surface area contributed by atoms with E-state index in [1.54, 1.807) is 12.1 Å². The van der Waals surface area contributed by atoms with Crippen LogP contribution in [0.2, 0.25) is 0 Å². The van der Waals surface area contributed by atoms with Crippen molar-refractivity contribution < 1.29 is 4.39 Å². The third kappa shape index (κ3) is 2.76. The molecule has 0 bridgehead atoms. The first-order chi connectivity index (χ1) is 10.0. The number of aromatic amines is 1. The maximum Gasteiger partial charge on any atom is 0.245 e. The minimum Gasteiger partial charge on any atom is -0.338 e. The molecule has 1 fully saturated rings. The third-order valence-electron chi connectivity index (χ3n) is 4.15. The first-order valence-corrected chi connectivity index (χ1v) is 7.24. The number of nitrogens with one attached hydrogen (secondary N) is 1. The van der Waals surface area contributed by atoms with Crippen molar-refractivity contribution in [2.24, 2.45) is 11.7 Å². The van der Waals surface area contributed by atoms with E-state index < -0.39 is 0 Å². The fourth-order valence-electron chi connectivity index (χ4n) is 2.62. The van der Waals surface area contributed by atoms with Crippen LogP contribution in [0.4, 0.5) is 10.3 Å². The van der Waals surface area contributed by atoms with E-state index in [1.807, 2.05) is 6.92 Å². The summed E-state index contributed by atoms with van der Waals surface area (Å²) in [6.07, 6.45) is 1.02. The Morgan fingerprint density at radius 1 is 1.43 bits per heavy atom. The number of benzene rings is 1. The van der Waals surface area contributed by atoms with E-state index in [0.717, 1.165) is 25.1 Å². The summed E-state index contributed by atoms with van der Waals surface area (Å²) in [5.41, 5.74) is 7.53. The van der Waals surface area contributed by atoms with Gasteiger partial charge in [0.2, 0.25) is 5.95 Å². The number of piperidine rings is 1. The average molecular weight is 289 g/mol. The van der Waals surface area contributed by atoms with Crippen molar-refractivity contribution in [1.29, 1.82) is 0 Å². The highest BCUT2D eigenvalue weighted by Gasteiger charge is 2.25. The van der Waals surface area contributed by atoms with Gasteiger partial charge in [-0.25, -0.2) is 4.39 Å². The van der Waals surface area contributed by atoms with Gasteiger partial charge in [-0.3, -0.25) is 5.10 Å². The summed E-state index contributed by atoms with van der Waals surface area (Å²) in [7, 11) is 0. The van der Waals surface area contributed by atoms with Crippen LogP contribution in [0, 0.1) is 18.7 Å². The summed E-state index contributed by atoms with van der Waals surface area (Å²) in [6.45, 7) is 5.69. The third-order valence-corrected chi connectivity index (χ3v) is 4.15. The molecule has 1 aromatic heterocycles. The highest BCUT2D eigenvalue weighted by molar-refractivity contribution is 5.58. The van der Waals surface area contributed by atoms with Crippen LogP contribution in [-0.4, -0.2) is 34.3 Å². The molecule has 1 aliphatic rings. The van der Waals surface area contributed by atoms with Gasteiger partial charge in [0.05, 0.1) is 5.56 Å². The van der Waals surface area contributed by atoms with E-state index in [2.05, 4.69) is 27.0 Å². The first kappa shape index (κ1) is 14.0. The number of nitrogens with two attached hydrogens (primary N) is 1. The van der Waals surface area contributed by atoms with Crippen molar-refractivity contribution in [3.8, 4) is 11.4 Å². The molecule has 112 valence electrons. The Bertz CT molecular complexity index is 639. The number of aryl methyl sites for hydroxylation is 1. The number of anilines is 1. The Hall–Kier alpha value is -1.95. The second-order valence-electron chi connectivity index (χ2n) is 5.84. The van der Waals surface area contributed by atoms with Crippen LogP contribution in [0.15, 0.2) is 18.2 Å². The molecule has 1 aromatic carbocycles. The van der Waals surface area contributed by atoms with Crippen LogP contribution in [0.1, 0.15) is 18.9 Å². The van der Waals surface area contributed by atoms with Crippen LogP contribution in [0.5, 0.6) is 0 Å². The van der Waals surface area contributed by atoms with Crippen LogP contribution < -0.4 is 10.6 Å². The Morgan fingerprint density at radius 2 is 2.24 bits per heavy atom. The van der Waals surface area contributed by atoms with Crippen molar-refractivity contribution in [2.45, 2.75) is 26.3 Å². The predicted molar refractivity (Wildman–Crippen MR) is 80.5 cm³/mol. The molecule has 0 radical (unpaired) electrons. The average Bonchev–Trinajstić information content (AvgIpc) is 2.94. The van der Waals surface area contributed by atoms with Gasteiger partial charge in [-0.1, -0.05) is 18.6 Å². The van der Waals surface area contributed by atoms with Crippen LogP contribution in [0.3, 0.4) is 0 Å². The lowest BCUT2D eigenvalue weighted by molar-refractivity contribution is 0.376. The second kappa shape index (κ2) is 5.44. The molecule has 6 heteroatoms. The molecule has 0 amide bonds. The van der Waals surface area contributed by atoms with Crippen molar-refractivity contribution >= 4 is 5.95 Å². The Labute approximate surface area is 123 Å². The van der Waals surface area contributed by atoms with Gasteiger partial charge >= 0.3 is 0 Å². The fourth-order valence-corrected chi connectivity index (χ4v) is 2.62. The zero-order valence-electron chi connectivity index (χ0n) is 12.3. The van der Waals surface area contributed by atoms with Crippen LogP contribution in [0.25, 0.3) is 11.4 Å². The predicted octanol–water partition coefficient (Wildman–Crippen LogP) is 2.09. The summed E-state index contributed by atoms with van der Waals surface area (Å²) >= 11 is 0. The molecule has 0 saturated carbocycles. The SMILES string of the molecule is Cc1ccc(F)c(-c2nc(N3CCC(C)C(N)C3)n[nH]2)c1. The molecule has 3 N–H and O–H groups in total. The smallest absolute Gasteiger partial charge is 0.245 e. The number of hydrogen-bond donors (Lipinski definition) is 2. The Balaban J connectivity index is 1.85. The minimum atomic E-state index is -0.299. The molecule has 5 nitrogen and oxygen atoms in total. The maximum absolute atomic E-state index is 13.9. The zero-order chi connectivity index (χ0) is 15.0. The molecule has 1 saturated heterocycles. The second-order valence-corrected chi connectivity index (χ2v) is 5.84. The van der Waals surface area contributed by atoms with Crippen molar-refractivity contribution in [3.05, 3.63) is 29.6 Å². The normalized spacial score (nSPS) is 22.6. The van der Waals surface area contributed by atoms with Gasteiger partial charge in [-0.2, -0.15) is 4.98 Å². The zero-order valence-corrected chi connectivity index (χ0v) is 12.3. The lowest BCUT2D eigenvalue weighted by Gasteiger charge is -2.34. The van der Waals surface area contributed by atoms with Gasteiger partial charge < -0.3 is 10.6 Å². The molecular formula is C15H20FN5. The number of rotatable bonds is 2. The van der Waals surface area contributed by atoms with Gasteiger partial charge in [-0.05, 0) is 31.4 Å². The van der Waals surface area contributed by atoms with E-state index in [1.165, 1.54) is 6.07 Å². The van der Waals surface area contributed by atoms with Crippen molar-refractivity contribution in [1.82, 2.24) is 15.2 Å². The van der Waals surface area contributed by atoms with Crippen LogP contribution >= 0.6 is 0 Å². The van der Waals surface area contributed by atoms with Gasteiger partial charge in [0.25, 0.3) is 0 Å². The van der Waals surface area contributed by atoms with Gasteiger partial charge in [0.1, 0.15) is 5.82 Å². The topological polar surface area (TPSA) is 70.8 Å². The number of hydrogen-bond acceptors (Lipinski definition) is 4. The molecule has 2 aromatic rings. The summed E-state index contributed by atoms with van der Waals surface area (Å²) in [5, 5.41) is 7.04.